The van der Waals surface area contributed by atoms with E-state index in [2.05, 4.69) is 307 Å². The molecule has 3 aromatic heterocycles. The zero-order chi connectivity index (χ0) is 57.4. The van der Waals surface area contributed by atoms with Gasteiger partial charge in [0.1, 0.15) is 11.2 Å². The van der Waals surface area contributed by atoms with Gasteiger partial charge in [0.15, 0.2) is 0 Å². The topological polar surface area (TPSA) is 29.5 Å². The fraction of sp³-hybridized carbons (Fsp3) is 0.100. The molecule has 0 saturated carbocycles. The third-order valence-electron chi connectivity index (χ3n) is 18.6. The second-order valence-corrected chi connectivity index (χ2v) is 24.6. The van der Waals surface area contributed by atoms with E-state index in [4.69, 9.17) is 4.42 Å². The fourth-order valence-electron chi connectivity index (χ4n) is 14.6. The van der Waals surface area contributed by atoms with E-state index < -0.39 is 0 Å². The van der Waals surface area contributed by atoms with Crippen molar-refractivity contribution in [2.24, 2.45) is 0 Å². The van der Waals surface area contributed by atoms with Crippen molar-refractivity contribution < 1.29 is 4.42 Å². The van der Waals surface area contributed by atoms with Gasteiger partial charge in [0.05, 0.1) is 33.4 Å². The molecule has 5 nitrogen and oxygen atoms in total. The second-order valence-electron chi connectivity index (χ2n) is 24.6. The summed E-state index contributed by atoms with van der Waals surface area (Å²) >= 11 is 0. The average Bonchev–Trinajstić information content (AvgIpc) is 1.08. The number of rotatable bonds is 9. The average molecular weight is 1110 g/mol. The van der Waals surface area contributed by atoms with E-state index in [9.17, 15) is 0 Å². The van der Waals surface area contributed by atoms with Gasteiger partial charge in [-0.3, -0.25) is 0 Å². The number of benzene rings is 12. The molecule has 410 valence electrons. The largest absolute Gasteiger partial charge is 0.456 e. The van der Waals surface area contributed by atoms with Gasteiger partial charge < -0.3 is 23.4 Å². The monoisotopic (exact) mass is 1100 g/mol. The van der Waals surface area contributed by atoms with Crippen molar-refractivity contribution in [1.29, 1.82) is 0 Å². The first-order valence-corrected chi connectivity index (χ1v) is 30.5. The highest BCUT2D eigenvalue weighted by Gasteiger charge is 2.46. The van der Waals surface area contributed by atoms with Crippen LogP contribution in [0.5, 0.6) is 0 Å². The van der Waals surface area contributed by atoms with Crippen molar-refractivity contribution in [3.05, 3.63) is 272 Å². The Balaban J connectivity index is 1.03. The van der Waals surface area contributed by atoms with Crippen molar-refractivity contribution in [3.8, 4) is 33.6 Å². The summed E-state index contributed by atoms with van der Waals surface area (Å²) in [5.41, 5.74) is 26.4. The van der Waals surface area contributed by atoms with Gasteiger partial charge in [0.25, 0.3) is 6.71 Å². The number of nitrogens with zero attached hydrogens (tertiary/aromatic N) is 4. The maximum absolute atomic E-state index is 6.94. The molecule has 0 radical (unpaired) electrons. The molecule has 0 aliphatic carbocycles. The third-order valence-corrected chi connectivity index (χ3v) is 18.6. The van der Waals surface area contributed by atoms with Crippen molar-refractivity contribution in [1.82, 2.24) is 9.13 Å². The maximum Gasteiger partial charge on any atom is 0.252 e. The van der Waals surface area contributed by atoms with Crippen LogP contribution in [0.2, 0.25) is 0 Å². The number of hydrogen-bond donors (Lipinski definition) is 0. The number of para-hydroxylation sites is 6. The summed E-state index contributed by atoms with van der Waals surface area (Å²) in [6, 6.07) is 97.7. The number of anilines is 6. The van der Waals surface area contributed by atoms with Crippen molar-refractivity contribution >= 4 is 123 Å². The molecule has 2 aliphatic rings. The Kier molecular flexibility index (Phi) is 11.3. The lowest BCUT2D eigenvalue weighted by atomic mass is 9.33. The van der Waals surface area contributed by atoms with E-state index >= 15 is 0 Å². The Morgan fingerprint density at radius 3 is 1.36 bits per heavy atom. The minimum atomic E-state index is -0.260. The van der Waals surface area contributed by atoms with Crippen LogP contribution >= 0.6 is 0 Å². The summed E-state index contributed by atoms with van der Waals surface area (Å²) in [7, 11) is 0. The molecule has 0 bridgehead atoms. The van der Waals surface area contributed by atoms with Crippen LogP contribution in [0.25, 0.3) is 99.2 Å². The number of hydrogen-bond acceptors (Lipinski definition) is 3. The van der Waals surface area contributed by atoms with Gasteiger partial charge in [-0.05, 0) is 130 Å². The van der Waals surface area contributed by atoms with E-state index in [0.29, 0.717) is 0 Å². The summed E-state index contributed by atoms with van der Waals surface area (Å²) in [4.78, 5) is 5.34. The Morgan fingerprint density at radius 1 is 0.384 bits per heavy atom. The smallest absolute Gasteiger partial charge is 0.252 e. The Morgan fingerprint density at radius 2 is 0.849 bits per heavy atom. The van der Waals surface area contributed by atoms with Crippen molar-refractivity contribution in [2.75, 3.05) is 9.80 Å². The number of furan rings is 1. The molecule has 15 aromatic rings. The molecule has 0 unspecified atom stereocenters. The van der Waals surface area contributed by atoms with E-state index in [1.165, 1.54) is 82.5 Å². The Bertz CT molecular complexity index is 5070. The van der Waals surface area contributed by atoms with Gasteiger partial charge in [0.2, 0.25) is 0 Å². The second kappa shape index (κ2) is 19.4. The molecule has 12 aromatic carbocycles. The van der Waals surface area contributed by atoms with E-state index in [1.807, 2.05) is 0 Å². The summed E-state index contributed by atoms with van der Waals surface area (Å²) in [6.07, 6.45) is 3.03. The fourth-order valence-corrected chi connectivity index (χ4v) is 14.6. The van der Waals surface area contributed by atoms with Gasteiger partial charge in [-0.15, -0.1) is 0 Å². The number of fused-ring (bicyclic) bond motifs is 13. The molecule has 17 rings (SSSR count). The molecule has 0 saturated heterocycles. The third kappa shape index (κ3) is 7.58. The molecule has 0 fully saturated rings. The molecule has 86 heavy (non-hydrogen) atoms. The first-order valence-electron chi connectivity index (χ1n) is 30.5. The lowest BCUT2D eigenvalue weighted by Gasteiger charge is -2.46. The summed E-state index contributed by atoms with van der Waals surface area (Å²) in [6.45, 7) is 9.28. The lowest BCUT2D eigenvalue weighted by Crippen LogP contribution is -2.61. The predicted molar refractivity (Wildman–Crippen MR) is 365 cm³/mol. The van der Waals surface area contributed by atoms with Crippen molar-refractivity contribution in [2.45, 2.75) is 52.4 Å². The highest BCUT2D eigenvalue weighted by atomic mass is 16.3. The van der Waals surface area contributed by atoms with E-state index in [1.54, 1.807) is 0 Å². The van der Waals surface area contributed by atoms with Crippen LogP contribution in [0, 0.1) is 0 Å². The van der Waals surface area contributed by atoms with Crippen molar-refractivity contribution in [3.63, 3.8) is 0 Å². The quantitative estimate of drug-likeness (QED) is 0.135. The lowest BCUT2D eigenvalue weighted by molar-refractivity contribution is 0.590. The van der Waals surface area contributed by atoms with Gasteiger partial charge in [-0.1, -0.05) is 216 Å². The minimum Gasteiger partial charge on any atom is -0.456 e. The normalized spacial score (nSPS) is 13.0. The molecule has 0 atom stereocenters. The van der Waals surface area contributed by atoms with E-state index in [-0.39, 0.29) is 12.1 Å². The molecule has 6 heteroatoms. The van der Waals surface area contributed by atoms with Gasteiger partial charge in [-0.2, -0.15) is 0 Å². The highest BCUT2D eigenvalue weighted by molar-refractivity contribution is 7.00. The van der Waals surface area contributed by atoms with Crippen LogP contribution in [0.3, 0.4) is 0 Å². The van der Waals surface area contributed by atoms with Crippen LogP contribution < -0.4 is 26.2 Å². The number of aryl methyl sites for hydroxylation is 1. The van der Waals surface area contributed by atoms with Crippen LogP contribution in [-0.4, -0.2) is 15.8 Å². The maximum atomic E-state index is 6.94. The van der Waals surface area contributed by atoms with Crippen LogP contribution in [0.15, 0.2) is 265 Å². The Hall–Kier alpha value is -10.3. The van der Waals surface area contributed by atoms with Gasteiger partial charge >= 0.3 is 0 Å². The van der Waals surface area contributed by atoms with Crippen LogP contribution in [-0.2, 0) is 11.8 Å². The SMILES string of the molecule is CCCCc1cc2c(cc1N1c3cc(-n4c5ccccc5c5ccccc54)ccc3B3c4ccc(-n5c6ccccc6c6ccccc65)cc4N(c4c(-c5ccccc5)cccc4-c4ccccc4)c4cc(C(C)(C)C)cc1c43)oc1ccccc12. The zero-order valence-corrected chi connectivity index (χ0v) is 48.7. The predicted octanol–water partition coefficient (Wildman–Crippen LogP) is 19.8. The summed E-state index contributed by atoms with van der Waals surface area (Å²) in [5, 5.41) is 7.26. The van der Waals surface area contributed by atoms with Gasteiger partial charge in [-0.25, -0.2) is 0 Å². The molecule has 0 N–H and O–H groups in total. The first-order chi connectivity index (χ1) is 42.3. The summed E-state index contributed by atoms with van der Waals surface area (Å²) in [5.74, 6) is 0. The standard InChI is InChI=1S/C80H61BN4O/c1-5-6-24-53-45-64-63-33-17-22-40-76(63)86-77(64)50-71(53)84-72-48-55(82-67-36-18-13-29-59(67)60-30-14-19-37-68(60)82)41-43-65(72)81-66-44-42-56(83-69-38-20-15-31-61(69)62-32-16-21-39-70(62)83)49-73(66)85(75-47-54(80(2,3)4)46-74(84)78(75)81)79-57(51-25-9-7-10-26-51)34-23-35-58(79)52-27-11-8-12-28-52/h7-23,25-50H,5-6,24H2,1-4H3. The number of unbranched alkanes of at least 4 members (excludes halogenated alkanes) is 1. The zero-order valence-electron chi connectivity index (χ0n) is 48.7. The minimum absolute atomic E-state index is 0.163. The highest BCUT2D eigenvalue weighted by Crippen LogP contribution is 2.53. The summed E-state index contributed by atoms with van der Waals surface area (Å²) < 4.78 is 11.9. The molecule has 5 heterocycles. The van der Waals surface area contributed by atoms with Gasteiger partial charge in [0, 0.05) is 83.6 Å². The van der Waals surface area contributed by atoms with Crippen LogP contribution in [0.1, 0.15) is 51.7 Å². The molecular formula is C80H61BN4O. The molecule has 0 spiro atoms. The molecule has 2 aliphatic heterocycles. The van der Waals surface area contributed by atoms with Crippen LogP contribution in [0.4, 0.5) is 34.1 Å². The van der Waals surface area contributed by atoms with E-state index in [0.717, 1.165) is 97.6 Å². The molecular weight excluding hydrogens is 1040 g/mol. The number of aromatic nitrogens is 2. The molecule has 0 amide bonds. The first kappa shape index (κ1) is 50.2. The Labute approximate surface area is 501 Å².